The molecule has 0 unspecified atom stereocenters. The minimum Gasteiger partial charge on any atom is -0.292 e. The first-order chi connectivity index (χ1) is 4.93. The largest absolute Gasteiger partial charge is 0.292 e. The van der Waals surface area contributed by atoms with Gasteiger partial charge in [-0.2, -0.15) is 0 Å². The van der Waals surface area contributed by atoms with E-state index >= 15 is 0 Å². The fraction of sp³-hybridized carbons (Fsp3) is 0.700. The third kappa shape index (κ3) is 2.87. The smallest absolute Gasteiger partial charge is 0.0424 e. The van der Waals surface area contributed by atoms with E-state index in [-0.39, 0.29) is 5.41 Å². The van der Waals surface area contributed by atoms with Crippen molar-refractivity contribution in [2.75, 3.05) is 7.05 Å². The second kappa shape index (κ2) is 3.70. The summed E-state index contributed by atoms with van der Waals surface area (Å²) in [6.07, 6.45) is 2.10. The van der Waals surface area contributed by atoms with Gasteiger partial charge in [0.05, 0.1) is 0 Å². The van der Waals surface area contributed by atoms with Crippen molar-refractivity contribution in [2.24, 2.45) is 10.4 Å². The Morgan fingerprint density at radius 1 is 1.27 bits per heavy atom. The second-order valence-electron chi connectivity index (χ2n) is 3.79. The first-order valence-corrected chi connectivity index (χ1v) is 4.04. The zero-order valence-electron chi connectivity index (χ0n) is 8.52. The molecule has 0 aliphatic carbocycles. The van der Waals surface area contributed by atoms with E-state index in [2.05, 4.69) is 38.8 Å². The van der Waals surface area contributed by atoms with Crippen LogP contribution in [0.5, 0.6) is 0 Å². The van der Waals surface area contributed by atoms with Crippen LogP contribution in [-0.4, -0.2) is 12.8 Å². The van der Waals surface area contributed by atoms with Crippen LogP contribution in [0.3, 0.4) is 0 Å². The van der Waals surface area contributed by atoms with E-state index in [1.165, 1.54) is 11.3 Å². The maximum Gasteiger partial charge on any atom is 0.0424 e. The summed E-state index contributed by atoms with van der Waals surface area (Å²) >= 11 is 0. The molecule has 0 aromatic rings. The molecule has 0 radical (unpaired) electrons. The summed E-state index contributed by atoms with van der Waals surface area (Å²) in [6.45, 7) is 10.7. The molecule has 0 N–H and O–H groups in total. The molecule has 0 rings (SSSR count). The second-order valence-corrected chi connectivity index (χ2v) is 3.79. The van der Waals surface area contributed by atoms with Crippen LogP contribution in [0.15, 0.2) is 16.6 Å². The number of nitrogens with zero attached hydrogens (tertiary/aromatic N) is 1. The average molecular weight is 153 g/mol. The molecule has 1 heteroatoms. The molecular formula is C10H19N. The Kier molecular flexibility index (Phi) is 3.50. The van der Waals surface area contributed by atoms with Gasteiger partial charge in [0, 0.05) is 18.2 Å². The molecule has 0 aromatic heterocycles. The predicted molar refractivity (Wildman–Crippen MR) is 52.2 cm³/mol. The summed E-state index contributed by atoms with van der Waals surface area (Å²) in [4.78, 5) is 4.28. The standard InChI is InChI=1S/C10H19N/c1-7-8(2)9(11-6)10(3,4)5/h7H,1-6H3/b8-7-,11-9?. The SMILES string of the molecule is C/C=C(/C)C(=NC)C(C)(C)C. The van der Waals surface area contributed by atoms with Gasteiger partial charge >= 0.3 is 0 Å². The van der Waals surface area contributed by atoms with E-state index in [0.717, 1.165) is 0 Å². The van der Waals surface area contributed by atoms with Crippen LogP contribution in [0.4, 0.5) is 0 Å². The number of hydrogen-bond acceptors (Lipinski definition) is 1. The maximum atomic E-state index is 4.28. The molecule has 0 aromatic carbocycles. The highest BCUT2D eigenvalue weighted by Gasteiger charge is 2.18. The minimum absolute atomic E-state index is 0.172. The van der Waals surface area contributed by atoms with Crippen molar-refractivity contribution in [1.82, 2.24) is 0 Å². The van der Waals surface area contributed by atoms with Gasteiger partial charge in [-0.05, 0) is 19.4 Å². The summed E-state index contributed by atoms with van der Waals surface area (Å²) in [7, 11) is 1.85. The van der Waals surface area contributed by atoms with Crippen LogP contribution in [0.2, 0.25) is 0 Å². The van der Waals surface area contributed by atoms with Crippen molar-refractivity contribution in [3.05, 3.63) is 11.6 Å². The zero-order valence-corrected chi connectivity index (χ0v) is 8.52. The molecule has 0 amide bonds. The Morgan fingerprint density at radius 2 is 1.73 bits per heavy atom. The van der Waals surface area contributed by atoms with Crippen molar-refractivity contribution in [3.63, 3.8) is 0 Å². The molecule has 0 fully saturated rings. The zero-order chi connectivity index (χ0) is 9.07. The molecule has 0 aliphatic rings. The summed E-state index contributed by atoms with van der Waals surface area (Å²) in [6, 6.07) is 0. The van der Waals surface area contributed by atoms with E-state index in [1.807, 2.05) is 14.0 Å². The first kappa shape index (κ1) is 10.4. The van der Waals surface area contributed by atoms with Crippen LogP contribution in [0.25, 0.3) is 0 Å². The fourth-order valence-electron chi connectivity index (χ4n) is 1.24. The molecular weight excluding hydrogens is 134 g/mol. The third-order valence-corrected chi connectivity index (χ3v) is 1.74. The van der Waals surface area contributed by atoms with Crippen LogP contribution in [0, 0.1) is 5.41 Å². The van der Waals surface area contributed by atoms with E-state index in [0.29, 0.717) is 0 Å². The highest BCUT2D eigenvalue weighted by atomic mass is 14.7. The van der Waals surface area contributed by atoms with E-state index in [1.54, 1.807) is 0 Å². The topological polar surface area (TPSA) is 12.4 Å². The van der Waals surface area contributed by atoms with Gasteiger partial charge in [-0.1, -0.05) is 26.8 Å². The summed E-state index contributed by atoms with van der Waals surface area (Å²) in [5.74, 6) is 0. The maximum absolute atomic E-state index is 4.28. The van der Waals surface area contributed by atoms with Crippen LogP contribution < -0.4 is 0 Å². The van der Waals surface area contributed by atoms with E-state index < -0.39 is 0 Å². The summed E-state index contributed by atoms with van der Waals surface area (Å²) in [5, 5.41) is 0. The van der Waals surface area contributed by atoms with Gasteiger partial charge < -0.3 is 0 Å². The van der Waals surface area contributed by atoms with Gasteiger partial charge in [-0.3, -0.25) is 4.99 Å². The molecule has 0 heterocycles. The molecule has 0 saturated heterocycles. The molecule has 11 heavy (non-hydrogen) atoms. The molecule has 0 saturated carbocycles. The monoisotopic (exact) mass is 153 g/mol. The lowest BCUT2D eigenvalue weighted by Gasteiger charge is -2.21. The lowest BCUT2D eigenvalue weighted by atomic mass is 9.86. The highest BCUT2D eigenvalue weighted by Crippen LogP contribution is 2.20. The molecule has 0 bridgehead atoms. The quantitative estimate of drug-likeness (QED) is 0.513. The summed E-state index contributed by atoms with van der Waals surface area (Å²) < 4.78 is 0. The van der Waals surface area contributed by atoms with Gasteiger partial charge in [0.25, 0.3) is 0 Å². The Balaban J connectivity index is 4.73. The lowest BCUT2D eigenvalue weighted by Crippen LogP contribution is -2.21. The van der Waals surface area contributed by atoms with Gasteiger partial charge in [0.2, 0.25) is 0 Å². The third-order valence-electron chi connectivity index (χ3n) is 1.74. The number of rotatable bonds is 1. The Hall–Kier alpha value is -0.590. The molecule has 0 spiro atoms. The Bertz CT molecular complexity index is 180. The average Bonchev–Trinajstić information content (AvgIpc) is 1.86. The van der Waals surface area contributed by atoms with Crippen molar-refractivity contribution in [1.29, 1.82) is 0 Å². The number of allylic oxidation sites excluding steroid dienone is 2. The number of hydrogen-bond donors (Lipinski definition) is 0. The van der Waals surface area contributed by atoms with E-state index in [4.69, 9.17) is 0 Å². The molecule has 0 aliphatic heterocycles. The van der Waals surface area contributed by atoms with Crippen LogP contribution in [0.1, 0.15) is 34.6 Å². The first-order valence-electron chi connectivity index (χ1n) is 4.04. The fourth-order valence-corrected chi connectivity index (χ4v) is 1.24. The van der Waals surface area contributed by atoms with Gasteiger partial charge in [-0.25, -0.2) is 0 Å². The Morgan fingerprint density at radius 3 is 1.82 bits per heavy atom. The van der Waals surface area contributed by atoms with Gasteiger partial charge in [-0.15, -0.1) is 0 Å². The van der Waals surface area contributed by atoms with Crippen LogP contribution >= 0.6 is 0 Å². The van der Waals surface area contributed by atoms with Crippen molar-refractivity contribution < 1.29 is 0 Å². The van der Waals surface area contributed by atoms with Gasteiger partial charge in [0.15, 0.2) is 0 Å². The lowest BCUT2D eigenvalue weighted by molar-refractivity contribution is 0.590. The Labute approximate surface area is 70.2 Å². The van der Waals surface area contributed by atoms with Crippen molar-refractivity contribution in [3.8, 4) is 0 Å². The minimum atomic E-state index is 0.172. The normalized spacial score (nSPS) is 15.5. The molecule has 64 valence electrons. The van der Waals surface area contributed by atoms with Gasteiger partial charge in [0.1, 0.15) is 0 Å². The van der Waals surface area contributed by atoms with Crippen molar-refractivity contribution in [2.45, 2.75) is 34.6 Å². The van der Waals surface area contributed by atoms with E-state index in [9.17, 15) is 0 Å². The van der Waals surface area contributed by atoms with Crippen molar-refractivity contribution >= 4 is 5.71 Å². The van der Waals surface area contributed by atoms with Crippen LogP contribution in [-0.2, 0) is 0 Å². The molecule has 1 nitrogen and oxygen atoms in total. The summed E-state index contributed by atoms with van der Waals surface area (Å²) in [5.41, 5.74) is 2.64. The number of aliphatic imine (C=N–C) groups is 1. The molecule has 0 atom stereocenters. The predicted octanol–water partition coefficient (Wildman–Crippen LogP) is 3.07. The highest BCUT2D eigenvalue weighted by molar-refractivity contribution is 6.03.